The summed E-state index contributed by atoms with van der Waals surface area (Å²) in [6, 6.07) is 2.30. The molecule has 1 aliphatic heterocycles. The topological polar surface area (TPSA) is 61.7 Å². The van der Waals surface area contributed by atoms with Crippen molar-refractivity contribution in [3.8, 4) is 6.07 Å². The molecule has 1 N–H and O–H groups in total. The van der Waals surface area contributed by atoms with Crippen molar-refractivity contribution in [1.29, 1.82) is 5.26 Å². The van der Waals surface area contributed by atoms with E-state index in [9.17, 15) is 0 Å². The summed E-state index contributed by atoms with van der Waals surface area (Å²) in [5.74, 6) is 1.43. The number of H-pyrrole nitrogens is 1. The average molecular weight is 203 g/mol. The lowest BCUT2D eigenvalue weighted by molar-refractivity contribution is -0.0336. The normalized spacial score (nSPS) is 23.9. The first-order chi connectivity index (χ1) is 7.34. The van der Waals surface area contributed by atoms with Crippen LogP contribution >= 0.6 is 0 Å². The molecule has 4 nitrogen and oxygen atoms in total. The van der Waals surface area contributed by atoms with E-state index in [2.05, 4.69) is 16.0 Å². The maximum Gasteiger partial charge on any atom is 0.161 e. The van der Waals surface area contributed by atoms with Crippen molar-refractivity contribution < 1.29 is 4.74 Å². The fourth-order valence-corrected chi connectivity index (χ4v) is 2.07. The summed E-state index contributed by atoms with van der Waals surface area (Å²) in [4.78, 5) is 7.62. The average Bonchev–Trinajstić information content (AvgIpc) is 2.50. The highest BCUT2D eigenvalue weighted by Gasteiger charge is 2.44. The van der Waals surface area contributed by atoms with Crippen LogP contribution in [0.25, 0.3) is 0 Å². The summed E-state index contributed by atoms with van der Waals surface area (Å²) in [6.07, 6.45) is 5.69. The summed E-state index contributed by atoms with van der Waals surface area (Å²) in [5, 5.41) is 9.12. The number of aromatic amines is 1. The maximum absolute atomic E-state index is 9.12. The molecule has 0 atom stereocenters. The van der Waals surface area contributed by atoms with E-state index in [0.717, 1.165) is 5.82 Å². The van der Waals surface area contributed by atoms with E-state index in [1.807, 2.05) is 6.20 Å². The van der Waals surface area contributed by atoms with E-state index >= 15 is 0 Å². The van der Waals surface area contributed by atoms with E-state index in [1.165, 1.54) is 25.0 Å². The molecule has 1 saturated heterocycles. The van der Waals surface area contributed by atoms with Gasteiger partial charge in [0.25, 0.3) is 0 Å². The fraction of sp³-hybridized carbons (Fsp3) is 0.636. The minimum atomic E-state index is -0.498. The Morgan fingerprint density at radius 1 is 1.53 bits per heavy atom. The Kier molecular flexibility index (Phi) is 1.83. The molecule has 1 aliphatic carbocycles. The molecule has 2 fully saturated rings. The number of nitriles is 1. The lowest BCUT2D eigenvalue weighted by Gasteiger charge is -2.33. The van der Waals surface area contributed by atoms with Gasteiger partial charge in [0.05, 0.1) is 19.3 Å². The highest BCUT2D eigenvalue weighted by molar-refractivity contribution is 5.27. The second kappa shape index (κ2) is 3.07. The second-order valence-corrected chi connectivity index (χ2v) is 4.50. The van der Waals surface area contributed by atoms with E-state index < -0.39 is 5.41 Å². The molecule has 0 spiro atoms. The summed E-state index contributed by atoms with van der Waals surface area (Å²) >= 11 is 0. The molecular weight excluding hydrogens is 190 g/mol. The van der Waals surface area contributed by atoms with Gasteiger partial charge in [0.15, 0.2) is 5.41 Å². The third kappa shape index (κ3) is 1.20. The van der Waals surface area contributed by atoms with Crippen LogP contribution in [-0.4, -0.2) is 23.2 Å². The largest absolute Gasteiger partial charge is 0.377 e. The fourth-order valence-electron chi connectivity index (χ4n) is 2.07. The number of nitrogens with zero attached hydrogens (tertiary/aromatic N) is 2. The Labute approximate surface area is 88.3 Å². The molecule has 0 aromatic carbocycles. The SMILES string of the molecule is N#CC1(c2ncc(C3CCC3)[nH]2)COC1. The number of hydrogen-bond acceptors (Lipinski definition) is 3. The minimum Gasteiger partial charge on any atom is -0.377 e. The van der Waals surface area contributed by atoms with Crippen molar-refractivity contribution in [1.82, 2.24) is 9.97 Å². The van der Waals surface area contributed by atoms with E-state index in [0.29, 0.717) is 19.1 Å². The molecular formula is C11H13N3O. The standard InChI is InChI=1S/C11H13N3O/c12-5-11(6-15-7-11)10-13-4-9(14-10)8-2-1-3-8/h4,8H,1-3,6-7H2,(H,13,14). The summed E-state index contributed by atoms with van der Waals surface area (Å²) in [7, 11) is 0. The van der Waals surface area contributed by atoms with Crippen LogP contribution in [0.5, 0.6) is 0 Å². The Balaban J connectivity index is 1.86. The van der Waals surface area contributed by atoms with Crippen molar-refractivity contribution in [3.05, 3.63) is 17.7 Å². The molecule has 1 aromatic rings. The van der Waals surface area contributed by atoms with Crippen LogP contribution in [0.1, 0.15) is 36.7 Å². The lowest BCUT2D eigenvalue weighted by atomic mass is 9.83. The molecule has 0 unspecified atom stereocenters. The molecule has 0 radical (unpaired) electrons. The molecule has 0 bridgehead atoms. The first-order valence-electron chi connectivity index (χ1n) is 5.38. The highest BCUT2D eigenvalue weighted by atomic mass is 16.5. The van der Waals surface area contributed by atoms with Gasteiger partial charge in [0, 0.05) is 17.8 Å². The molecule has 1 saturated carbocycles. The Hall–Kier alpha value is -1.34. The van der Waals surface area contributed by atoms with Gasteiger partial charge in [-0.3, -0.25) is 0 Å². The summed E-state index contributed by atoms with van der Waals surface area (Å²) in [5.41, 5.74) is 0.694. The Bertz CT molecular complexity index is 410. The van der Waals surface area contributed by atoms with Crippen LogP contribution < -0.4 is 0 Å². The molecule has 1 aromatic heterocycles. The van der Waals surface area contributed by atoms with Gasteiger partial charge in [0.2, 0.25) is 0 Å². The molecule has 78 valence electrons. The number of imidazole rings is 1. The molecule has 2 aliphatic rings. The number of aromatic nitrogens is 2. The van der Waals surface area contributed by atoms with Crippen LogP contribution in [0.2, 0.25) is 0 Å². The molecule has 2 heterocycles. The first-order valence-corrected chi connectivity index (χ1v) is 5.38. The number of nitrogens with one attached hydrogen (secondary N) is 1. The van der Waals surface area contributed by atoms with Gasteiger partial charge >= 0.3 is 0 Å². The van der Waals surface area contributed by atoms with Crippen molar-refractivity contribution in [2.24, 2.45) is 0 Å². The molecule has 15 heavy (non-hydrogen) atoms. The highest BCUT2D eigenvalue weighted by Crippen LogP contribution is 2.37. The Morgan fingerprint density at radius 2 is 2.33 bits per heavy atom. The van der Waals surface area contributed by atoms with Gasteiger partial charge < -0.3 is 9.72 Å². The van der Waals surface area contributed by atoms with Crippen molar-refractivity contribution in [3.63, 3.8) is 0 Å². The van der Waals surface area contributed by atoms with Crippen LogP contribution in [0.4, 0.5) is 0 Å². The molecule has 3 rings (SSSR count). The van der Waals surface area contributed by atoms with Gasteiger partial charge in [-0.05, 0) is 12.8 Å². The monoisotopic (exact) mass is 203 g/mol. The predicted octanol–water partition coefficient (Wildman–Crippen LogP) is 1.47. The van der Waals surface area contributed by atoms with E-state index in [-0.39, 0.29) is 0 Å². The van der Waals surface area contributed by atoms with Crippen LogP contribution in [-0.2, 0) is 10.2 Å². The van der Waals surface area contributed by atoms with E-state index in [4.69, 9.17) is 10.00 Å². The quantitative estimate of drug-likeness (QED) is 0.791. The van der Waals surface area contributed by atoms with Crippen LogP contribution in [0.3, 0.4) is 0 Å². The zero-order chi connectivity index (χ0) is 10.3. The van der Waals surface area contributed by atoms with Crippen molar-refractivity contribution in [2.75, 3.05) is 13.2 Å². The second-order valence-electron chi connectivity index (χ2n) is 4.50. The smallest absolute Gasteiger partial charge is 0.161 e. The number of ether oxygens (including phenoxy) is 1. The van der Waals surface area contributed by atoms with Crippen molar-refractivity contribution in [2.45, 2.75) is 30.6 Å². The van der Waals surface area contributed by atoms with Crippen LogP contribution in [0.15, 0.2) is 6.20 Å². The Morgan fingerprint density at radius 3 is 2.80 bits per heavy atom. The molecule has 0 amide bonds. The van der Waals surface area contributed by atoms with Crippen molar-refractivity contribution >= 4 is 0 Å². The zero-order valence-corrected chi connectivity index (χ0v) is 8.49. The zero-order valence-electron chi connectivity index (χ0n) is 8.49. The third-order valence-corrected chi connectivity index (χ3v) is 3.50. The minimum absolute atomic E-state index is 0.473. The predicted molar refractivity (Wildman–Crippen MR) is 53.3 cm³/mol. The van der Waals surface area contributed by atoms with E-state index in [1.54, 1.807) is 0 Å². The number of hydrogen-bond donors (Lipinski definition) is 1. The van der Waals surface area contributed by atoms with Gasteiger partial charge in [-0.25, -0.2) is 4.98 Å². The third-order valence-electron chi connectivity index (χ3n) is 3.50. The maximum atomic E-state index is 9.12. The summed E-state index contributed by atoms with van der Waals surface area (Å²) < 4.78 is 5.11. The van der Waals surface area contributed by atoms with Gasteiger partial charge in [0.1, 0.15) is 5.82 Å². The van der Waals surface area contributed by atoms with Gasteiger partial charge in [-0.1, -0.05) is 6.42 Å². The number of rotatable bonds is 2. The van der Waals surface area contributed by atoms with Gasteiger partial charge in [-0.15, -0.1) is 0 Å². The lowest BCUT2D eigenvalue weighted by Crippen LogP contribution is -2.46. The summed E-state index contributed by atoms with van der Waals surface area (Å²) in [6.45, 7) is 0.947. The van der Waals surface area contributed by atoms with Crippen LogP contribution in [0, 0.1) is 11.3 Å². The van der Waals surface area contributed by atoms with Gasteiger partial charge in [-0.2, -0.15) is 5.26 Å². The molecule has 4 heteroatoms. The first kappa shape index (κ1) is 8.93.